The van der Waals surface area contributed by atoms with E-state index in [1.165, 1.54) is 70.6 Å². The van der Waals surface area contributed by atoms with E-state index in [2.05, 4.69) is 13.8 Å². The fourth-order valence-electron chi connectivity index (χ4n) is 3.36. The molecule has 0 spiro atoms. The summed E-state index contributed by atoms with van der Waals surface area (Å²) >= 11 is 0. The Hall–Kier alpha value is -0.870. The first kappa shape index (κ1) is 25.2. The van der Waals surface area contributed by atoms with Crippen LogP contribution in [0.2, 0.25) is 0 Å². The summed E-state index contributed by atoms with van der Waals surface area (Å²) in [5, 5.41) is 0. The van der Waals surface area contributed by atoms with Crippen molar-refractivity contribution in [2.24, 2.45) is 5.92 Å². The number of hydrogen-bond acceptors (Lipinski definition) is 3. The maximum Gasteiger partial charge on any atom is 0.296 e. The number of benzene rings is 1. The minimum Gasteiger partial charge on any atom is -0.266 e. The molecule has 0 unspecified atom stereocenters. The summed E-state index contributed by atoms with van der Waals surface area (Å²) in [5.41, 5.74) is 1.04. The minimum absolute atomic E-state index is 0.248. The van der Waals surface area contributed by atoms with E-state index < -0.39 is 10.1 Å². The smallest absolute Gasteiger partial charge is 0.266 e. The third kappa shape index (κ3) is 12.6. The first-order valence-corrected chi connectivity index (χ1v) is 12.8. The van der Waals surface area contributed by atoms with Crippen molar-refractivity contribution in [1.29, 1.82) is 0 Å². The molecule has 162 valence electrons. The van der Waals surface area contributed by atoms with Gasteiger partial charge in [0.05, 0.1) is 11.5 Å². The lowest BCUT2D eigenvalue weighted by Gasteiger charge is -2.06. The van der Waals surface area contributed by atoms with Gasteiger partial charge < -0.3 is 0 Å². The van der Waals surface area contributed by atoms with E-state index in [1.807, 2.05) is 6.92 Å². The van der Waals surface area contributed by atoms with Gasteiger partial charge in [0.1, 0.15) is 0 Å². The maximum atomic E-state index is 12.1. The molecule has 1 aromatic carbocycles. The van der Waals surface area contributed by atoms with Gasteiger partial charge in [0.2, 0.25) is 0 Å². The predicted octanol–water partition coefficient (Wildman–Crippen LogP) is 7.43. The van der Waals surface area contributed by atoms with Crippen molar-refractivity contribution in [2.45, 2.75) is 109 Å². The standard InChI is InChI=1S/C24H42O3S/c1-22(2)16-14-12-10-8-6-4-5-7-9-11-13-15-21-27-28(25,26)24-19-17-23(3)18-20-24/h17-20,22H,4-16,21H2,1-3H3. The predicted molar refractivity (Wildman–Crippen MR) is 119 cm³/mol. The molecule has 0 fully saturated rings. The molecule has 0 bridgehead atoms. The Kier molecular flexibility index (Phi) is 13.5. The highest BCUT2D eigenvalue weighted by Gasteiger charge is 2.14. The molecule has 0 aliphatic heterocycles. The highest BCUT2D eigenvalue weighted by atomic mass is 32.2. The molecule has 3 nitrogen and oxygen atoms in total. The molecule has 0 aliphatic carbocycles. The number of aryl methyl sites for hydroxylation is 1. The SMILES string of the molecule is Cc1ccc(S(=O)(=O)OCCCCCCCCCCCCCCC(C)C)cc1. The second kappa shape index (κ2) is 15.0. The van der Waals surface area contributed by atoms with Crippen LogP contribution in [0.3, 0.4) is 0 Å². The molecule has 28 heavy (non-hydrogen) atoms. The molecule has 0 aromatic heterocycles. The first-order chi connectivity index (χ1) is 13.4. The third-order valence-corrected chi connectivity index (χ3v) is 6.55. The fourth-order valence-corrected chi connectivity index (χ4v) is 4.31. The molecule has 0 atom stereocenters. The van der Waals surface area contributed by atoms with Crippen molar-refractivity contribution in [3.8, 4) is 0 Å². The van der Waals surface area contributed by atoms with Crippen LogP contribution in [0.4, 0.5) is 0 Å². The van der Waals surface area contributed by atoms with Gasteiger partial charge in [-0.25, -0.2) is 0 Å². The summed E-state index contributed by atoms with van der Waals surface area (Å²) < 4.78 is 29.3. The van der Waals surface area contributed by atoms with Gasteiger partial charge in [-0.05, 0) is 31.4 Å². The van der Waals surface area contributed by atoms with E-state index in [1.54, 1.807) is 24.3 Å². The number of hydrogen-bond donors (Lipinski definition) is 0. The van der Waals surface area contributed by atoms with Crippen LogP contribution in [0.5, 0.6) is 0 Å². The van der Waals surface area contributed by atoms with Gasteiger partial charge in [0.25, 0.3) is 10.1 Å². The van der Waals surface area contributed by atoms with E-state index in [0.29, 0.717) is 0 Å². The summed E-state index contributed by atoms with van der Waals surface area (Å²) in [5.74, 6) is 0.851. The molecule has 0 aliphatic rings. The Morgan fingerprint density at radius 3 is 1.61 bits per heavy atom. The molecule has 0 radical (unpaired) electrons. The summed E-state index contributed by atoms with van der Waals surface area (Å²) in [6, 6.07) is 6.80. The molecule has 0 amide bonds. The molecule has 0 N–H and O–H groups in total. The summed E-state index contributed by atoms with van der Waals surface area (Å²) in [6.07, 6.45) is 16.6. The average molecular weight is 411 g/mol. The molecule has 0 heterocycles. The van der Waals surface area contributed by atoms with Crippen LogP contribution in [-0.2, 0) is 14.3 Å². The topological polar surface area (TPSA) is 43.4 Å². The molecule has 1 aromatic rings. The van der Waals surface area contributed by atoms with E-state index in [9.17, 15) is 8.42 Å². The highest BCUT2D eigenvalue weighted by Crippen LogP contribution is 2.16. The molecular weight excluding hydrogens is 368 g/mol. The zero-order valence-electron chi connectivity index (χ0n) is 18.4. The van der Waals surface area contributed by atoms with Gasteiger partial charge in [0, 0.05) is 0 Å². The van der Waals surface area contributed by atoms with Crippen LogP contribution in [-0.4, -0.2) is 15.0 Å². The van der Waals surface area contributed by atoms with Crippen molar-refractivity contribution in [1.82, 2.24) is 0 Å². The van der Waals surface area contributed by atoms with Gasteiger partial charge in [-0.15, -0.1) is 0 Å². The Bertz CT molecular complexity index is 591. The lowest BCUT2D eigenvalue weighted by atomic mass is 10.0. The Morgan fingerprint density at radius 1 is 0.714 bits per heavy atom. The molecule has 0 saturated heterocycles. The Balaban J connectivity index is 1.89. The van der Waals surface area contributed by atoms with Crippen LogP contribution in [0.15, 0.2) is 29.2 Å². The monoisotopic (exact) mass is 410 g/mol. The Labute approximate surface area is 174 Å². The first-order valence-electron chi connectivity index (χ1n) is 11.4. The van der Waals surface area contributed by atoms with Crippen LogP contribution in [0, 0.1) is 12.8 Å². The minimum atomic E-state index is -3.60. The lowest BCUT2D eigenvalue weighted by molar-refractivity contribution is 0.306. The van der Waals surface area contributed by atoms with Crippen LogP contribution in [0.25, 0.3) is 0 Å². The second-order valence-corrected chi connectivity index (χ2v) is 10.1. The van der Waals surface area contributed by atoms with Crippen molar-refractivity contribution in [3.05, 3.63) is 29.8 Å². The highest BCUT2D eigenvalue weighted by molar-refractivity contribution is 7.86. The van der Waals surface area contributed by atoms with Crippen molar-refractivity contribution in [3.63, 3.8) is 0 Å². The lowest BCUT2D eigenvalue weighted by Crippen LogP contribution is -2.07. The quantitative estimate of drug-likeness (QED) is 0.198. The van der Waals surface area contributed by atoms with Crippen LogP contribution < -0.4 is 0 Å². The largest absolute Gasteiger partial charge is 0.296 e. The van der Waals surface area contributed by atoms with Gasteiger partial charge >= 0.3 is 0 Å². The zero-order valence-corrected chi connectivity index (χ0v) is 19.2. The van der Waals surface area contributed by atoms with Gasteiger partial charge in [-0.3, -0.25) is 4.18 Å². The maximum absolute atomic E-state index is 12.1. The van der Waals surface area contributed by atoms with Crippen LogP contribution in [0.1, 0.15) is 103 Å². The molecule has 0 saturated carbocycles. The molecule has 1 rings (SSSR count). The van der Waals surface area contributed by atoms with E-state index in [0.717, 1.165) is 24.3 Å². The van der Waals surface area contributed by atoms with E-state index >= 15 is 0 Å². The summed E-state index contributed by atoms with van der Waals surface area (Å²) in [7, 11) is -3.60. The van der Waals surface area contributed by atoms with E-state index in [4.69, 9.17) is 4.18 Å². The van der Waals surface area contributed by atoms with Crippen LogP contribution >= 0.6 is 0 Å². The fraction of sp³-hybridized carbons (Fsp3) is 0.750. The Morgan fingerprint density at radius 2 is 1.14 bits per heavy atom. The van der Waals surface area contributed by atoms with Crippen molar-refractivity contribution in [2.75, 3.05) is 6.61 Å². The van der Waals surface area contributed by atoms with E-state index in [-0.39, 0.29) is 11.5 Å². The molecular formula is C24H42O3S. The average Bonchev–Trinajstić information content (AvgIpc) is 2.65. The normalized spacial score (nSPS) is 12.0. The summed E-state index contributed by atoms with van der Waals surface area (Å²) in [4.78, 5) is 0.248. The van der Waals surface area contributed by atoms with Crippen molar-refractivity contribution >= 4 is 10.1 Å². The molecule has 4 heteroatoms. The zero-order chi connectivity index (χ0) is 20.7. The second-order valence-electron chi connectivity index (χ2n) is 8.51. The van der Waals surface area contributed by atoms with Gasteiger partial charge in [-0.2, -0.15) is 8.42 Å². The third-order valence-electron chi connectivity index (χ3n) is 5.22. The number of unbranched alkanes of at least 4 members (excludes halogenated alkanes) is 11. The summed E-state index contributed by atoms with van der Waals surface area (Å²) in [6.45, 7) is 6.83. The van der Waals surface area contributed by atoms with Gasteiger partial charge in [0.15, 0.2) is 0 Å². The van der Waals surface area contributed by atoms with Crippen molar-refractivity contribution < 1.29 is 12.6 Å². The number of rotatable bonds is 17. The van der Waals surface area contributed by atoms with Gasteiger partial charge in [-0.1, -0.05) is 109 Å².